The highest BCUT2D eigenvalue weighted by Crippen LogP contribution is 2.20. The third-order valence-corrected chi connectivity index (χ3v) is 2.79. The van der Waals surface area contributed by atoms with Crippen molar-refractivity contribution < 1.29 is 23.5 Å². The lowest BCUT2D eigenvalue weighted by Gasteiger charge is -2.19. The zero-order chi connectivity index (χ0) is 17.2. The van der Waals surface area contributed by atoms with Gasteiger partial charge in [-0.05, 0) is 39.0 Å². The summed E-state index contributed by atoms with van der Waals surface area (Å²) in [5, 5.41) is 3.07. The second kappa shape index (κ2) is 6.12. The topological polar surface area (TPSA) is 94.8 Å². The maximum Gasteiger partial charge on any atom is 0.412 e. The predicted molar refractivity (Wildman–Crippen MR) is 83.7 cm³/mol. The lowest BCUT2D eigenvalue weighted by molar-refractivity contribution is 0.0594. The van der Waals surface area contributed by atoms with E-state index >= 15 is 0 Å². The lowest BCUT2D eigenvalue weighted by Crippen LogP contribution is -2.27. The van der Waals surface area contributed by atoms with Crippen molar-refractivity contribution in [1.29, 1.82) is 0 Å². The fourth-order valence-electron chi connectivity index (χ4n) is 1.86. The van der Waals surface area contributed by atoms with Gasteiger partial charge in [-0.15, -0.1) is 0 Å². The van der Waals surface area contributed by atoms with Crippen molar-refractivity contribution in [3.05, 3.63) is 40.2 Å². The number of amides is 1. The minimum Gasteiger partial charge on any atom is -0.465 e. The molecule has 7 nitrogen and oxygen atoms in total. The number of nitrogens with one attached hydrogen (secondary N) is 1. The molecule has 1 heterocycles. The first-order valence-electron chi connectivity index (χ1n) is 6.86. The molecule has 7 heteroatoms. The van der Waals surface area contributed by atoms with E-state index in [-0.39, 0.29) is 11.1 Å². The first-order chi connectivity index (χ1) is 10.7. The predicted octanol–water partition coefficient (Wildman–Crippen LogP) is 2.93. The van der Waals surface area contributed by atoms with Gasteiger partial charge in [0.2, 0.25) is 0 Å². The van der Waals surface area contributed by atoms with Crippen molar-refractivity contribution in [1.82, 2.24) is 0 Å². The van der Waals surface area contributed by atoms with Gasteiger partial charge in [-0.2, -0.15) is 0 Å². The second-order valence-electron chi connectivity index (χ2n) is 5.82. The Morgan fingerprint density at radius 1 is 1.17 bits per heavy atom. The van der Waals surface area contributed by atoms with E-state index in [4.69, 9.17) is 9.15 Å². The second-order valence-corrected chi connectivity index (χ2v) is 5.82. The van der Waals surface area contributed by atoms with Crippen molar-refractivity contribution in [2.45, 2.75) is 26.4 Å². The van der Waals surface area contributed by atoms with Crippen LogP contribution in [0.5, 0.6) is 0 Å². The minimum absolute atomic E-state index is 0.187. The number of hydrogen-bond donors (Lipinski definition) is 1. The molecule has 0 aliphatic carbocycles. The summed E-state index contributed by atoms with van der Waals surface area (Å²) in [6, 6.07) is 6.07. The largest absolute Gasteiger partial charge is 0.465 e. The quantitative estimate of drug-likeness (QED) is 0.675. The maximum absolute atomic E-state index is 11.8. The summed E-state index contributed by atoms with van der Waals surface area (Å²) in [6.07, 6.45) is -0.620. The number of methoxy groups -OCH3 is 1. The molecule has 0 aliphatic heterocycles. The van der Waals surface area contributed by atoms with Crippen molar-refractivity contribution >= 4 is 28.7 Å². The van der Waals surface area contributed by atoms with Crippen molar-refractivity contribution in [2.24, 2.45) is 0 Å². The third kappa shape index (κ3) is 4.09. The van der Waals surface area contributed by atoms with Gasteiger partial charge in [0.1, 0.15) is 16.7 Å². The van der Waals surface area contributed by atoms with Crippen LogP contribution in [0.4, 0.5) is 10.5 Å². The zero-order valence-electron chi connectivity index (χ0n) is 13.3. The molecule has 0 radical (unpaired) electrons. The molecule has 0 spiro atoms. The summed E-state index contributed by atoms with van der Waals surface area (Å²) in [7, 11) is 1.18. The number of fused-ring (bicyclic) bond motifs is 1. The van der Waals surface area contributed by atoms with E-state index < -0.39 is 23.3 Å². The van der Waals surface area contributed by atoms with E-state index in [1.54, 1.807) is 32.9 Å². The van der Waals surface area contributed by atoms with Gasteiger partial charge in [0.05, 0.1) is 7.11 Å². The van der Waals surface area contributed by atoms with Gasteiger partial charge in [-0.25, -0.2) is 14.4 Å². The van der Waals surface area contributed by atoms with Crippen LogP contribution in [0.2, 0.25) is 0 Å². The number of esters is 1. The van der Waals surface area contributed by atoms with E-state index in [0.717, 1.165) is 0 Å². The Labute approximate surface area is 132 Å². The molecule has 1 aromatic carbocycles. The lowest BCUT2D eigenvalue weighted by atomic mass is 10.1. The summed E-state index contributed by atoms with van der Waals surface area (Å²) in [5.74, 6) is -0.767. The standard InChI is InChI=1S/C16H17NO6/c1-16(2,3)23-15(20)17-10-6-5-9-7-11(13(18)21-4)14(19)22-12(9)8-10/h5-8H,1-4H3,(H,17,20). The molecule has 1 amide bonds. The van der Waals surface area contributed by atoms with Crippen LogP contribution in [-0.2, 0) is 9.47 Å². The molecule has 1 aromatic heterocycles. The molecule has 1 N–H and O–H groups in total. The van der Waals surface area contributed by atoms with E-state index in [9.17, 15) is 14.4 Å². The summed E-state index contributed by atoms with van der Waals surface area (Å²) >= 11 is 0. The monoisotopic (exact) mass is 319 g/mol. The number of hydrogen-bond acceptors (Lipinski definition) is 6. The van der Waals surface area contributed by atoms with Crippen LogP contribution in [0.25, 0.3) is 11.0 Å². The number of carbonyl (C=O) groups is 2. The van der Waals surface area contributed by atoms with Gasteiger partial charge in [0.25, 0.3) is 0 Å². The number of anilines is 1. The number of carbonyl (C=O) groups excluding carboxylic acids is 2. The highest BCUT2D eigenvalue weighted by molar-refractivity contribution is 5.94. The fraction of sp³-hybridized carbons (Fsp3) is 0.312. The van der Waals surface area contributed by atoms with Crippen LogP contribution >= 0.6 is 0 Å². The van der Waals surface area contributed by atoms with Gasteiger partial charge >= 0.3 is 17.7 Å². The third-order valence-electron chi connectivity index (χ3n) is 2.79. The average Bonchev–Trinajstić information content (AvgIpc) is 2.43. The van der Waals surface area contributed by atoms with Crippen LogP contribution in [0.15, 0.2) is 33.5 Å². The zero-order valence-corrected chi connectivity index (χ0v) is 13.3. The Morgan fingerprint density at radius 3 is 2.48 bits per heavy atom. The van der Waals surface area contributed by atoms with Gasteiger partial charge < -0.3 is 13.9 Å². The summed E-state index contributed by atoms with van der Waals surface area (Å²) in [4.78, 5) is 35.0. The fourth-order valence-corrected chi connectivity index (χ4v) is 1.86. The van der Waals surface area contributed by atoms with Crippen LogP contribution < -0.4 is 10.9 Å². The Bertz CT molecular complexity index is 815. The summed E-state index contributed by atoms with van der Waals surface area (Å²) < 4.78 is 14.7. The van der Waals surface area contributed by atoms with Gasteiger partial charge in [-0.1, -0.05) is 0 Å². The van der Waals surface area contributed by atoms with Crippen LogP contribution in [0.1, 0.15) is 31.1 Å². The molecule has 2 aromatic rings. The molecular weight excluding hydrogens is 302 g/mol. The molecule has 0 atom stereocenters. The highest BCUT2D eigenvalue weighted by atomic mass is 16.6. The summed E-state index contributed by atoms with van der Waals surface area (Å²) in [5.41, 5.74) is -0.980. The molecule has 0 unspecified atom stereocenters. The summed E-state index contributed by atoms with van der Waals surface area (Å²) in [6.45, 7) is 5.25. The van der Waals surface area contributed by atoms with E-state index in [1.807, 2.05) is 0 Å². The van der Waals surface area contributed by atoms with Gasteiger partial charge in [-0.3, -0.25) is 5.32 Å². The van der Waals surface area contributed by atoms with Crippen molar-refractivity contribution in [3.8, 4) is 0 Å². The van der Waals surface area contributed by atoms with Crippen molar-refractivity contribution in [3.63, 3.8) is 0 Å². The normalized spacial score (nSPS) is 11.1. The smallest absolute Gasteiger partial charge is 0.412 e. The Balaban J connectivity index is 2.31. The number of ether oxygens (including phenoxy) is 2. The first kappa shape index (κ1) is 16.5. The molecule has 122 valence electrons. The average molecular weight is 319 g/mol. The van der Waals surface area contributed by atoms with E-state index in [1.165, 1.54) is 19.2 Å². The first-order valence-corrected chi connectivity index (χ1v) is 6.86. The Hall–Kier alpha value is -2.83. The molecule has 0 saturated heterocycles. The van der Waals surface area contributed by atoms with E-state index in [2.05, 4.69) is 10.1 Å². The van der Waals surface area contributed by atoms with Crippen LogP contribution in [0.3, 0.4) is 0 Å². The highest BCUT2D eigenvalue weighted by Gasteiger charge is 2.17. The van der Waals surface area contributed by atoms with Gasteiger partial charge in [0.15, 0.2) is 0 Å². The van der Waals surface area contributed by atoms with E-state index in [0.29, 0.717) is 11.1 Å². The molecule has 0 aliphatic rings. The maximum atomic E-state index is 11.8. The molecule has 2 rings (SSSR count). The molecule has 0 saturated carbocycles. The Morgan fingerprint density at radius 2 is 1.87 bits per heavy atom. The van der Waals surface area contributed by atoms with Crippen LogP contribution in [-0.4, -0.2) is 24.8 Å². The Kier molecular flexibility index (Phi) is 4.40. The number of rotatable bonds is 2. The molecule has 0 fully saturated rings. The van der Waals surface area contributed by atoms with Crippen molar-refractivity contribution in [2.75, 3.05) is 12.4 Å². The number of benzene rings is 1. The molecule has 23 heavy (non-hydrogen) atoms. The molecular formula is C16H17NO6. The minimum atomic E-state index is -0.807. The van der Waals surface area contributed by atoms with Gasteiger partial charge in [0, 0.05) is 17.1 Å². The van der Waals surface area contributed by atoms with Crippen LogP contribution in [0, 0.1) is 0 Å². The molecule has 0 bridgehead atoms. The SMILES string of the molecule is COC(=O)c1cc2ccc(NC(=O)OC(C)(C)C)cc2oc1=O.